The zero-order chi connectivity index (χ0) is 11.3. The summed E-state index contributed by atoms with van der Waals surface area (Å²) in [6.45, 7) is 6.41. The smallest absolute Gasteiger partial charge is 0.102 e. The van der Waals surface area contributed by atoms with Crippen LogP contribution >= 0.6 is 0 Å². The molecular formula is C13H20O2. The van der Waals surface area contributed by atoms with Crippen molar-refractivity contribution in [1.82, 2.24) is 0 Å². The molecule has 84 valence electrons. The normalized spacial score (nSPS) is 13.1. The zero-order valence-corrected chi connectivity index (χ0v) is 9.73. The van der Waals surface area contributed by atoms with E-state index < -0.39 is 6.10 Å². The first-order valence-electron chi connectivity index (χ1n) is 5.52. The molecule has 2 nitrogen and oxygen atoms in total. The van der Waals surface area contributed by atoms with Crippen LogP contribution in [0.2, 0.25) is 0 Å². The Bertz CT molecular complexity index is 277. The van der Waals surface area contributed by atoms with Gasteiger partial charge in [-0.25, -0.2) is 0 Å². The van der Waals surface area contributed by atoms with Crippen LogP contribution in [-0.4, -0.2) is 17.8 Å². The third-order valence-electron chi connectivity index (χ3n) is 2.36. The first kappa shape index (κ1) is 12.2. The van der Waals surface area contributed by atoms with Crippen LogP contribution in [0.15, 0.2) is 24.3 Å². The largest absolute Gasteiger partial charge is 0.386 e. The molecular weight excluding hydrogens is 188 g/mol. The maximum Gasteiger partial charge on any atom is 0.102 e. The number of aryl methyl sites for hydroxylation is 1. The van der Waals surface area contributed by atoms with E-state index in [1.165, 1.54) is 5.56 Å². The summed E-state index contributed by atoms with van der Waals surface area (Å²) in [5, 5.41) is 9.81. The quantitative estimate of drug-likeness (QED) is 0.806. The maximum atomic E-state index is 9.81. The first-order chi connectivity index (χ1) is 7.13. The summed E-state index contributed by atoms with van der Waals surface area (Å²) >= 11 is 0. The number of hydrogen-bond donors (Lipinski definition) is 1. The molecule has 1 N–H and O–H groups in total. The minimum Gasteiger partial charge on any atom is -0.386 e. The number of aliphatic hydroxyl groups is 1. The van der Waals surface area contributed by atoms with Crippen molar-refractivity contribution in [1.29, 1.82) is 0 Å². The van der Waals surface area contributed by atoms with E-state index in [0.29, 0.717) is 6.61 Å². The zero-order valence-electron chi connectivity index (χ0n) is 9.73. The van der Waals surface area contributed by atoms with Crippen LogP contribution in [0.25, 0.3) is 0 Å². The second kappa shape index (κ2) is 5.89. The van der Waals surface area contributed by atoms with Gasteiger partial charge < -0.3 is 9.84 Å². The van der Waals surface area contributed by atoms with Gasteiger partial charge >= 0.3 is 0 Å². The van der Waals surface area contributed by atoms with Crippen molar-refractivity contribution >= 4 is 0 Å². The fraction of sp³-hybridized carbons (Fsp3) is 0.538. The van der Waals surface area contributed by atoms with Gasteiger partial charge in [0.05, 0.1) is 12.7 Å². The number of hydrogen-bond acceptors (Lipinski definition) is 2. The molecule has 0 amide bonds. The minimum absolute atomic E-state index is 0.162. The molecule has 0 aliphatic heterocycles. The van der Waals surface area contributed by atoms with E-state index in [1.54, 1.807) is 0 Å². The molecule has 0 saturated heterocycles. The van der Waals surface area contributed by atoms with Crippen LogP contribution in [0.4, 0.5) is 0 Å². The number of benzene rings is 1. The van der Waals surface area contributed by atoms with E-state index in [2.05, 4.69) is 6.92 Å². The summed E-state index contributed by atoms with van der Waals surface area (Å²) in [5.41, 5.74) is 2.21. The number of ether oxygens (including phenoxy) is 1. The molecule has 1 atom stereocenters. The molecule has 0 aliphatic rings. The van der Waals surface area contributed by atoms with Crippen molar-refractivity contribution < 1.29 is 9.84 Å². The topological polar surface area (TPSA) is 29.5 Å². The van der Waals surface area contributed by atoms with Gasteiger partial charge in [0.2, 0.25) is 0 Å². The van der Waals surface area contributed by atoms with Crippen LogP contribution in [0, 0.1) is 0 Å². The SMILES string of the molecule is CCc1ccc(C(O)COC(C)C)cc1. The van der Waals surface area contributed by atoms with Crippen LogP contribution in [0.3, 0.4) is 0 Å². The average Bonchev–Trinajstić information content (AvgIpc) is 2.26. The third-order valence-corrected chi connectivity index (χ3v) is 2.36. The molecule has 0 heterocycles. The van der Waals surface area contributed by atoms with Gasteiger partial charge in [-0.1, -0.05) is 31.2 Å². The number of aliphatic hydroxyl groups excluding tert-OH is 1. The van der Waals surface area contributed by atoms with Crippen molar-refractivity contribution in [3.05, 3.63) is 35.4 Å². The van der Waals surface area contributed by atoms with E-state index in [9.17, 15) is 5.11 Å². The fourth-order valence-corrected chi connectivity index (χ4v) is 1.36. The summed E-state index contributed by atoms with van der Waals surface area (Å²) in [4.78, 5) is 0. The summed E-state index contributed by atoms with van der Waals surface area (Å²) in [7, 11) is 0. The Hall–Kier alpha value is -0.860. The Morgan fingerprint density at radius 1 is 1.20 bits per heavy atom. The molecule has 15 heavy (non-hydrogen) atoms. The molecule has 0 saturated carbocycles. The van der Waals surface area contributed by atoms with Crippen LogP contribution in [0.1, 0.15) is 38.0 Å². The second-order valence-corrected chi connectivity index (χ2v) is 3.99. The minimum atomic E-state index is -0.515. The van der Waals surface area contributed by atoms with E-state index >= 15 is 0 Å². The highest BCUT2D eigenvalue weighted by Gasteiger charge is 2.08. The lowest BCUT2D eigenvalue weighted by atomic mass is 10.1. The van der Waals surface area contributed by atoms with Crippen molar-refractivity contribution in [2.24, 2.45) is 0 Å². The van der Waals surface area contributed by atoms with Crippen LogP contribution in [-0.2, 0) is 11.2 Å². The molecule has 0 spiro atoms. The van der Waals surface area contributed by atoms with Gasteiger partial charge in [0.1, 0.15) is 6.10 Å². The Balaban J connectivity index is 2.54. The number of rotatable bonds is 5. The Labute approximate surface area is 91.9 Å². The Morgan fingerprint density at radius 3 is 2.27 bits per heavy atom. The summed E-state index contributed by atoms with van der Waals surface area (Å²) in [5.74, 6) is 0. The highest BCUT2D eigenvalue weighted by atomic mass is 16.5. The molecule has 1 aromatic rings. The van der Waals surface area contributed by atoms with Crippen molar-refractivity contribution in [3.8, 4) is 0 Å². The first-order valence-corrected chi connectivity index (χ1v) is 5.52. The molecule has 0 bridgehead atoms. The molecule has 0 fully saturated rings. The predicted molar refractivity (Wildman–Crippen MR) is 61.9 cm³/mol. The lowest BCUT2D eigenvalue weighted by molar-refractivity contribution is 0.00492. The van der Waals surface area contributed by atoms with Gasteiger partial charge in [-0.05, 0) is 31.4 Å². The average molecular weight is 208 g/mol. The van der Waals surface area contributed by atoms with Crippen LogP contribution < -0.4 is 0 Å². The highest BCUT2D eigenvalue weighted by molar-refractivity contribution is 5.24. The van der Waals surface area contributed by atoms with Gasteiger partial charge in [0.15, 0.2) is 0 Å². The lowest BCUT2D eigenvalue weighted by Crippen LogP contribution is -2.11. The summed E-state index contributed by atoms with van der Waals surface area (Å²) in [6.07, 6.45) is 0.673. The molecule has 0 aliphatic carbocycles. The van der Waals surface area contributed by atoms with Gasteiger partial charge in [0.25, 0.3) is 0 Å². The summed E-state index contributed by atoms with van der Waals surface area (Å²) < 4.78 is 5.36. The predicted octanol–water partition coefficient (Wildman–Crippen LogP) is 2.71. The van der Waals surface area contributed by atoms with Crippen molar-refractivity contribution in [2.75, 3.05) is 6.61 Å². The molecule has 1 rings (SSSR count). The molecule has 1 unspecified atom stereocenters. The van der Waals surface area contributed by atoms with Gasteiger partial charge in [-0.2, -0.15) is 0 Å². The van der Waals surface area contributed by atoms with E-state index in [0.717, 1.165) is 12.0 Å². The van der Waals surface area contributed by atoms with E-state index in [-0.39, 0.29) is 6.10 Å². The Morgan fingerprint density at radius 2 is 1.80 bits per heavy atom. The molecule has 0 aromatic heterocycles. The lowest BCUT2D eigenvalue weighted by Gasteiger charge is -2.14. The molecule has 0 radical (unpaired) electrons. The second-order valence-electron chi connectivity index (χ2n) is 3.99. The molecule has 2 heteroatoms. The third kappa shape index (κ3) is 4.02. The van der Waals surface area contributed by atoms with Crippen LogP contribution in [0.5, 0.6) is 0 Å². The van der Waals surface area contributed by atoms with E-state index in [4.69, 9.17) is 4.74 Å². The fourth-order valence-electron chi connectivity index (χ4n) is 1.36. The van der Waals surface area contributed by atoms with Gasteiger partial charge in [-0.15, -0.1) is 0 Å². The monoisotopic (exact) mass is 208 g/mol. The van der Waals surface area contributed by atoms with Crippen molar-refractivity contribution in [2.45, 2.75) is 39.4 Å². The van der Waals surface area contributed by atoms with Gasteiger partial charge in [0, 0.05) is 0 Å². The molecule has 1 aromatic carbocycles. The Kier molecular flexibility index (Phi) is 4.79. The van der Waals surface area contributed by atoms with Gasteiger partial charge in [-0.3, -0.25) is 0 Å². The summed E-state index contributed by atoms with van der Waals surface area (Å²) in [6, 6.07) is 8.03. The van der Waals surface area contributed by atoms with E-state index in [1.807, 2.05) is 38.1 Å². The van der Waals surface area contributed by atoms with Crippen molar-refractivity contribution in [3.63, 3.8) is 0 Å². The standard InChI is InChI=1S/C13H20O2/c1-4-11-5-7-12(8-6-11)13(14)9-15-10(2)3/h5-8,10,13-14H,4,9H2,1-3H3. The highest BCUT2D eigenvalue weighted by Crippen LogP contribution is 2.15. The maximum absolute atomic E-state index is 9.81.